The molecule has 0 unspecified atom stereocenters. The summed E-state index contributed by atoms with van der Waals surface area (Å²) in [5.41, 5.74) is 2.09. The third kappa shape index (κ3) is 7.70. The molecule has 0 aliphatic rings. The molecule has 2 N–H and O–H groups in total. The Balaban J connectivity index is 2.71. The van der Waals surface area contributed by atoms with Crippen LogP contribution >= 0.6 is 11.8 Å². The van der Waals surface area contributed by atoms with E-state index in [9.17, 15) is 19.5 Å². The molecule has 0 aliphatic carbocycles. The molecule has 6 nitrogen and oxygen atoms in total. The van der Waals surface area contributed by atoms with Crippen molar-refractivity contribution in [2.24, 2.45) is 5.92 Å². The highest BCUT2D eigenvalue weighted by atomic mass is 32.2. The number of esters is 1. The standard InChI is InChI=1S/C18H25NO5S/c1-4-24-18(23)16(21)10-19-17(22)15(11-25-13(3)20)9-14-8-6-5-7-12(14)2/h5-8,15-16,21H,4,9-11H2,1-3H3,(H,19,22)/t15-,16+/m1/s1. The van der Waals surface area contributed by atoms with Gasteiger partial charge < -0.3 is 15.2 Å². The third-order valence-corrected chi connectivity index (χ3v) is 4.59. The zero-order valence-electron chi connectivity index (χ0n) is 14.8. The van der Waals surface area contributed by atoms with E-state index in [-0.39, 0.29) is 24.2 Å². The fourth-order valence-electron chi connectivity index (χ4n) is 2.21. The Labute approximate surface area is 152 Å². The number of benzene rings is 1. The SMILES string of the molecule is CCOC(=O)[C@@H](O)CNC(=O)[C@@H](CSC(C)=O)Cc1ccccc1C. The first-order chi connectivity index (χ1) is 11.8. The summed E-state index contributed by atoms with van der Waals surface area (Å²) in [4.78, 5) is 35.1. The molecule has 25 heavy (non-hydrogen) atoms. The lowest BCUT2D eigenvalue weighted by molar-refractivity contribution is -0.152. The van der Waals surface area contributed by atoms with Gasteiger partial charge in [0, 0.05) is 12.7 Å². The number of carbonyl (C=O) groups is 3. The monoisotopic (exact) mass is 367 g/mol. The van der Waals surface area contributed by atoms with E-state index in [1.807, 2.05) is 31.2 Å². The normalized spacial score (nSPS) is 13.0. The first-order valence-corrected chi connectivity index (χ1v) is 9.14. The topological polar surface area (TPSA) is 92.7 Å². The van der Waals surface area contributed by atoms with Gasteiger partial charge in [-0.25, -0.2) is 4.79 Å². The summed E-state index contributed by atoms with van der Waals surface area (Å²) in [7, 11) is 0. The summed E-state index contributed by atoms with van der Waals surface area (Å²) in [6.45, 7) is 5.01. The number of thioether (sulfide) groups is 1. The lowest BCUT2D eigenvalue weighted by atomic mass is 9.96. The zero-order valence-corrected chi connectivity index (χ0v) is 15.6. The van der Waals surface area contributed by atoms with E-state index in [0.29, 0.717) is 12.2 Å². The average Bonchev–Trinajstić information content (AvgIpc) is 2.57. The minimum absolute atomic E-state index is 0.0610. The van der Waals surface area contributed by atoms with E-state index in [0.717, 1.165) is 22.9 Å². The minimum Gasteiger partial charge on any atom is -0.464 e. The number of aliphatic hydroxyl groups is 1. The molecular formula is C18H25NO5S. The summed E-state index contributed by atoms with van der Waals surface area (Å²) < 4.78 is 4.70. The van der Waals surface area contributed by atoms with Gasteiger partial charge in [-0.2, -0.15) is 0 Å². The molecule has 0 bridgehead atoms. The Morgan fingerprint density at radius 1 is 1.28 bits per heavy atom. The van der Waals surface area contributed by atoms with Crippen LogP contribution in [0.25, 0.3) is 0 Å². The Kier molecular flexibility index (Phi) is 9.23. The van der Waals surface area contributed by atoms with Crippen LogP contribution in [0.15, 0.2) is 24.3 Å². The van der Waals surface area contributed by atoms with Crippen LogP contribution in [0.3, 0.4) is 0 Å². The van der Waals surface area contributed by atoms with E-state index in [1.165, 1.54) is 6.92 Å². The number of hydrogen-bond acceptors (Lipinski definition) is 6. The lowest BCUT2D eigenvalue weighted by Crippen LogP contribution is -2.41. The molecule has 0 radical (unpaired) electrons. The molecule has 0 saturated carbocycles. The molecule has 1 aromatic carbocycles. The maximum absolute atomic E-state index is 12.5. The van der Waals surface area contributed by atoms with E-state index >= 15 is 0 Å². The molecule has 2 atom stereocenters. The van der Waals surface area contributed by atoms with Gasteiger partial charge in [-0.05, 0) is 31.4 Å². The summed E-state index contributed by atoms with van der Waals surface area (Å²) in [5.74, 6) is -1.17. The van der Waals surface area contributed by atoms with Gasteiger partial charge in [0.2, 0.25) is 5.91 Å². The maximum Gasteiger partial charge on any atom is 0.336 e. The van der Waals surface area contributed by atoms with Crippen molar-refractivity contribution in [2.75, 3.05) is 18.9 Å². The predicted octanol–water partition coefficient (Wildman–Crippen LogP) is 1.47. The quantitative estimate of drug-likeness (QED) is 0.642. The molecule has 7 heteroatoms. The highest BCUT2D eigenvalue weighted by molar-refractivity contribution is 8.13. The van der Waals surface area contributed by atoms with Crippen molar-refractivity contribution < 1.29 is 24.2 Å². The van der Waals surface area contributed by atoms with Crippen LogP contribution in [-0.4, -0.2) is 47.1 Å². The fraction of sp³-hybridized carbons (Fsp3) is 0.500. The molecule has 0 saturated heterocycles. The van der Waals surface area contributed by atoms with Gasteiger partial charge in [0.05, 0.1) is 19.1 Å². The number of aryl methyl sites for hydroxylation is 1. The van der Waals surface area contributed by atoms with Gasteiger partial charge in [0.15, 0.2) is 11.2 Å². The molecule has 138 valence electrons. The number of amides is 1. The molecule has 0 spiro atoms. The smallest absolute Gasteiger partial charge is 0.336 e. The Morgan fingerprint density at radius 3 is 2.56 bits per heavy atom. The predicted molar refractivity (Wildman–Crippen MR) is 97.2 cm³/mol. The van der Waals surface area contributed by atoms with E-state index < -0.39 is 18.0 Å². The number of rotatable bonds is 9. The van der Waals surface area contributed by atoms with Crippen LogP contribution in [0.2, 0.25) is 0 Å². The van der Waals surface area contributed by atoms with Crippen LogP contribution < -0.4 is 5.32 Å². The van der Waals surface area contributed by atoms with Gasteiger partial charge in [0.25, 0.3) is 0 Å². The van der Waals surface area contributed by atoms with Crippen molar-refractivity contribution in [2.45, 2.75) is 33.3 Å². The third-order valence-electron chi connectivity index (χ3n) is 3.61. The van der Waals surface area contributed by atoms with Gasteiger partial charge >= 0.3 is 5.97 Å². The zero-order chi connectivity index (χ0) is 18.8. The van der Waals surface area contributed by atoms with Crippen LogP contribution in [0.5, 0.6) is 0 Å². The van der Waals surface area contributed by atoms with E-state index in [1.54, 1.807) is 6.92 Å². The van der Waals surface area contributed by atoms with Gasteiger partial charge in [-0.15, -0.1) is 0 Å². The number of hydrogen-bond donors (Lipinski definition) is 2. The second-order valence-electron chi connectivity index (χ2n) is 5.64. The average molecular weight is 367 g/mol. The van der Waals surface area contributed by atoms with Crippen molar-refractivity contribution in [3.05, 3.63) is 35.4 Å². The molecule has 0 aliphatic heterocycles. The Bertz CT molecular complexity index is 605. The molecule has 1 amide bonds. The van der Waals surface area contributed by atoms with Gasteiger partial charge in [0.1, 0.15) is 0 Å². The van der Waals surface area contributed by atoms with Crippen molar-refractivity contribution in [1.29, 1.82) is 0 Å². The van der Waals surface area contributed by atoms with Crippen molar-refractivity contribution in [3.63, 3.8) is 0 Å². The van der Waals surface area contributed by atoms with Crippen LogP contribution in [-0.2, 0) is 25.5 Å². The van der Waals surface area contributed by atoms with Crippen LogP contribution in [0.4, 0.5) is 0 Å². The largest absolute Gasteiger partial charge is 0.464 e. The van der Waals surface area contributed by atoms with Crippen molar-refractivity contribution >= 4 is 28.8 Å². The second-order valence-corrected chi connectivity index (χ2v) is 6.84. The lowest BCUT2D eigenvalue weighted by Gasteiger charge is -2.18. The molecule has 1 rings (SSSR count). The molecule has 1 aromatic rings. The van der Waals surface area contributed by atoms with E-state index in [4.69, 9.17) is 4.74 Å². The van der Waals surface area contributed by atoms with Crippen LogP contribution in [0, 0.1) is 12.8 Å². The first kappa shape index (κ1) is 21.2. The van der Waals surface area contributed by atoms with Crippen molar-refractivity contribution in [1.82, 2.24) is 5.32 Å². The van der Waals surface area contributed by atoms with Gasteiger partial charge in [-0.1, -0.05) is 36.0 Å². The van der Waals surface area contributed by atoms with Crippen molar-refractivity contribution in [3.8, 4) is 0 Å². The van der Waals surface area contributed by atoms with E-state index in [2.05, 4.69) is 5.32 Å². The summed E-state index contributed by atoms with van der Waals surface area (Å²) in [6, 6.07) is 7.74. The Morgan fingerprint density at radius 2 is 1.96 bits per heavy atom. The summed E-state index contributed by atoms with van der Waals surface area (Å²) in [5, 5.41) is 12.2. The molecule has 0 fully saturated rings. The second kappa shape index (κ2) is 10.9. The molecular weight excluding hydrogens is 342 g/mol. The first-order valence-electron chi connectivity index (χ1n) is 8.15. The van der Waals surface area contributed by atoms with Gasteiger partial charge in [-0.3, -0.25) is 9.59 Å². The highest BCUT2D eigenvalue weighted by Crippen LogP contribution is 2.18. The van der Waals surface area contributed by atoms with Crippen LogP contribution in [0.1, 0.15) is 25.0 Å². The minimum atomic E-state index is -1.40. The Hall–Kier alpha value is -1.86. The number of aliphatic hydroxyl groups excluding tert-OH is 1. The summed E-state index contributed by atoms with van der Waals surface area (Å²) in [6.07, 6.45) is -0.919. The number of ether oxygens (including phenoxy) is 1. The number of nitrogens with one attached hydrogen (secondary N) is 1. The molecule has 0 heterocycles. The fourth-order valence-corrected chi connectivity index (χ4v) is 2.92. The highest BCUT2D eigenvalue weighted by Gasteiger charge is 2.23. The maximum atomic E-state index is 12.5. The molecule has 0 aromatic heterocycles. The summed E-state index contributed by atoms with van der Waals surface area (Å²) >= 11 is 1.09. The number of carbonyl (C=O) groups excluding carboxylic acids is 3.